The Kier molecular flexibility index (Phi) is 5.22. The summed E-state index contributed by atoms with van der Waals surface area (Å²) in [5, 5.41) is 0.685. The van der Waals surface area contributed by atoms with Crippen molar-refractivity contribution in [1.82, 2.24) is 9.29 Å². The summed E-state index contributed by atoms with van der Waals surface area (Å²) in [6.07, 6.45) is 1.61. The normalized spacial score (nSPS) is 15.9. The van der Waals surface area contributed by atoms with E-state index in [1.165, 1.54) is 11.3 Å². The summed E-state index contributed by atoms with van der Waals surface area (Å²) in [6.45, 7) is 5.91. The van der Waals surface area contributed by atoms with Crippen LogP contribution in [0.1, 0.15) is 11.5 Å². The highest BCUT2D eigenvalue weighted by atomic mass is 35.5. The Morgan fingerprint density at radius 2 is 1.86 bits per heavy atom. The molecule has 2 aromatic heterocycles. The second-order valence-electron chi connectivity index (χ2n) is 6.68. The molecule has 0 spiro atoms. The molecule has 148 valence electrons. The summed E-state index contributed by atoms with van der Waals surface area (Å²) < 4.78 is 33.5. The third-order valence-electron chi connectivity index (χ3n) is 4.79. The van der Waals surface area contributed by atoms with Crippen molar-refractivity contribution in [3.8, 4) is 10.6 Å². The molecule has 1 aliphatic rings. The highest BCUT2D eigenvalue weighted by Crippen LogP contribution is 2.33. The molecule has 0 atom stereocenters. The van der Waals surface area contributed by atoms with Crippen LogP contribution in [0.25, 0.3) is 10.6 Å². The number of nitrogens with zero attached hydrogens (tertiary/aromatic N) is 3. The van der Waals surface area contributed by atoms with Crippen LogP contribution in [0.15, 0.2) is 45.2 Å². The molecule has 0 saturated carbocycles. The van der Waals surface area contributed by atoms with Gasteiger partial charge in [0.25, 0.3) is 10.0 Å². The first-order chi connectivity index (χ1) is 13.3. The van der Waals surface area contributed by atoms with Crippen LogP contribution >= 0.6 is 22.9 Å². The van der Waals surface area contributed by atoms with E-state index in [1.54, 1.807) is 29.6 Å². The number of oxazole rings is 1. The van der Waals surface area contributed by atoms with Gasteiger partial charge in [-0.2, -0.15) is 4.31 Å². The van der Waals surface area contributed by atoms with E-state index in [0.29, 0.717) is 47.1 Å². The Hall–Kier alpha value is -1.87. The van der Waals surface area contributed by atoms with E-state index >= 15 is 0 Å². The molecule has 3 heterocycles. The predicted octanol–water partition coefficient (Wildman–Crippen LogP) is 4.18. The monoisotopic (exact) mass is 437 g/mol. The minimum absolute atomic E-state index is 0.323. The van der Waals surface area contributed by atoms with Crippen LogP contribution < -0.4 is 4.90 Å². The number of sulfonamides is 1. The second kappa shape index (κ2) is 7.51. The molecule has 4 rings (SSSR count). The van der Waals surface area contributed by atoms with Gasteiger partial charge in [-0.3, -0.25) is 0 Å². The van der Waals surface area contributed by atoms with Crippen molar-refractivity contribution in [2.45, 2.75) is 18.1 Å². The Labute approximate surface area is 173 Å². The average Bonchev–Trinajstić information content (AvgIpc) is 3.33. The van der Waals surface area contributed by atoms with Crippen molar-refractivity contribution < 1.29 is 12.8 Å². The highest BCUT2D eigenvalue weighted by molar-refractivity contribution is 7.91. The van der Waals surface area contributed by atoms with Gasteiger partial charge in [0.2, 0.25) is 0 Å². The zero-order valence-electron chi connectivity index (χ0n) is 15.6. The van der Waals surface area contributed by atoms with Gasteiger partial charge in [0, 0.05) is 43.8 Å². The molecule has 0 N–H and O–H groups in total. The van der Waals surface area contributed by atoms with Crippen LogP contribution in [0.5, 0.6) is 0 Å². The van der Waals surface area contributed by atoms with E-state index < -0.39 is 10.0 Å². The van der Waals surface area contributed by atoms with E-state index in [2.05, 4.69) is 9.88 Å². The molecule has 0 radical (unpaired) electrons. The van der Waals surface area contributed by atoms with Gasteiger partial charge >= 0.3 is 0 Å². The fraction of sp³-hybridized carbons (Fsp3) is 0.316. The van der Waals surface area contributed by atoms with Gasteiger partial charge in [0.15, 0.2) is 11.7 Å². The molecule has 0 amide bonds. The van der Waals surface area contributed by atoms with Crippen LogP contribution in [0, 0.1) is 13.8 Å². The van der Waals surface area contributed by atoms with Crippen molar-refractivity contribution in [1.29, 1.82) is 0 Å². The maximum absolute atomic E-state index is 13.1. The number of hydrogen-bond donors (Lipinski definition) is 0. The molecule has 0 bridgehead atoms. The number of piperazine rings is 1. The Morgan fingerprint density at radius 1 is 1.11 bits per heavy atom. The summed E-state index contributed by atoms with van der Waals surface area (Å²) in [5.74, 6) is 1.14. The highest BCUT2D eigenvalue weighted by Gasteiger charge is 2.30. The van der Waals surface area contributed by atoms with Crippen molar-refractivity contribution in [2.24, 2.45) is 0 Å². The van der Waals surface area contributed by atoms with Gasteiger partial charge in [0.05, 0.1) is 11.1 Å². The van der Waals surface area contributed by atoms with Crippen molar-refractivity contribution in [3.05, 3.63) is 53.0 Å². The third kappa shape index (κ3) is 3.69. The molecule has 1 aliphatic heterocycles. The lowest BCUT2D eigenvalue weighted by Crippen LogP contribution is -2.48. The number of aromatic nitrogens is 1. The Balaban J connectivity index is 1.49. The third-order valence-corrected chi connectivity index (χ3v) is 8.49. The van der Waals surface area contributed by atoms with Gasteiger partial charge in [-0.05, 0) is 36.8 Å². The topological polar surface area (TPSA) is 66.7 Å². The number of rotatable bonds is 4. The Bertz CT molecular complexity index is 1100. The van der Waals surface area contributed by atoms with E-state index in [1.807, 2.05) is 25.1 Å². The van der Waals surface area contributed by atoms with Crippen LogP contribution in [-0.4, -0.2) is 43.9 Å². The van der Waals surface area contributed by atoms with Gasteiger partial charge in [-0.25, -0.2) is 13.4 Å². The second-order valence-corrected chi connectivity index (χ2v) is 10.4. The van der Waals surface area contributed by atoms with Gasteiger partial charge < -0.3 is 9.32 Å². The van der Waals surface area contributed by atoms with Crippen LogP contribution in [0.2, 0.25) is 5.02 Å². The lowest BCUT2D eigenvalue weighted by atomic mass is 10.1. The van der Waals surface area contributed by atoms with Crippen LogP contribution in [-0.2, 0) is 10.0 Å². The van der Waals surface area contributed by atoms with E-state index in [4.69, 9.17) is 16.0 Å². The first kappa shape index (κ1) is 19.4. The molecule has 1 aromatic carbocycles. The number of benzene rings is 1. The van der Waals surface area contributed by atoms with Crippen LogP contribution in [0.3, 0.4) is 0 Å². The summed E-state index contributed by atoms with van der Waals surface area (Å²) in [5.41, 5.74) is 2.19. The zero-order chi connectivity index (χ0) is 19.9. The zero-order valence-corrected chi connectivity index (χ0v) is 17.9. The van der Waals surface area contributed by atoms with Gasteiger partial charge in [-0.1, -0.05) is 17.7 Å². The molecule has 0 unspecified atom stereocenters. The smallest absolute Gasteiger partial charge is 0.252 e. The minimum Gasteiger partial charge on any atom is -0.440 e. The fourth-order valence-electron chi connectivity index (χ4n) is 3.29. The van der Waals surface area contributed by atoms with Crippen molar-refractivity contribution in [3.63, 3.8) is 0 Å². The number of anilines is 1. The number of thiophene rings is 1. The SMILES string of the molecule is Cc1ncc(-c2ccc(S(=O)(=O)N3CCN(c4cc(Cl)ccc4C)CC3)s2)o1. The summed E-state index contributed by atoms with van der Waals surface area (Å²) >= 11 is 7.34. The molecular formula is C19H20ClN3O3S2. The first-order valence-electron chi connectivity index (χ1n) is 8.88. The molecule has 0 aliphatic carbocycles. The summed E-state index contributed by atoms with van der Waals surface area (Å²) in [4.78, 5) is 7.01. The number of aryl methyl sites for hydroxylation is 2. The van der Waals surface area contributed by atoms with Gasteiger partial charge in [-0.15, -0.1) is 11.3 Å². The number of halogens is 1. The Morgan fingerprint density at radius 3 is 2.54 bits per heavy atom. The predicted molar refractivity (Wildman–Crippen MR) is 112 cm³/mol. The maximum atomic E-state index is 13.1. The lowest BCUT2D eigenvalue weighted by molar-refractivity contribution is 0.385. The maximum Gasteiger partial charge on any atom is 0.252 e. The van der Waals surface area contributed by atoms with E-state index in [9.17, 15) is 8.42 Å². The van der Waals surface area contributed by atoms with Crippen molar-refractivity contribution in [2.75, 3.05) is 31.1 Å². The molecule has 6 nitrogen and oxygen atoms in total. The molecule has 1 fully saturated rings. The molecule has 1 saturated heterocycles. The minimum atomic E-state index is -3.53. The fourth-order valence-corrected chi connectivity index (χ4v) is 6.28. The lowest BCUT2D eigenvalue weighted by Gasteiger charge is -2.36. The molecule has 9 heteroatoms. The quantitative estimate of drug-likeness (QED) is 0.612. The number of hydrogen-bond acceptors (Lipinski definition) is 6. The van der Waals surface area contributed by atoms with Gasteiger partial charge in [0.1, 0.15) is 4.21 Å². The van der Waals surface area contributed by atoms with Crippen molar-refractivity contribution >= 4 is 38.6 Å². The standard InChI is InChI=1S/C19H20ClN3O3S2/c1-13-3-4-15(20)11-16(13)22-7-9-23(10-8-22)28(24,25)19-6-5-18(27-19)17-12-21-14(2)26-17/h3-6,11-12H,7-10H2,1-2H3. The molecule has 28 heavy (non-hydrogen) atoms. The average molecular weight is 438 g/mol. The van der Waals surface area contributed by atoms with E-state index in [-0.39, 0.29) is 0 Å². The largest absolute Gasteiger partial charge is 0.440 e. The van der Waals surface area contributed by atoms with E-state index in [0.717, 1.165) is 16.1 Å². The summed E-state index contributed by atoms with van der Waals surface area (Å²) in [7, 11) is -3.53. The molecule has 3 aromatic rings. The van der Waals surface area contributed by atoms with Crippen LogP contribution in [0.4, 0.5) is 5.69 Å². The molecular weight excluding hydrogens is 418 g/mol. The first-order valence-corrected chi connectivity index (χ1v) is 11.5. The summed E-state index contributed by atoms with van der Waals surface area (Å²) in [6, 6.07) is 9.19.